The van der Waals surface area contributed by atoms with E-state index in [1.165, 1.54) is 6.42 Å². The van der Waals surface area contributed by atoms with Crippen LogP contribution in [0.25, 0.3) is 10.8 Å². The number of hydrogen-bond acceptors (Lipinski definition) is 3. The number of pyridine rings is 1. The van der Waals surface area contributed by atoms with Crippen molar-refractivity contribution < 1.29 is 4.79 Å². The fourth-order valence-corrected chi connectivity index (χ4v) is 3.36. The number of nitrogen functional groups attached to an aromatic ring is 1. The molecule has 3 aromatic rings. The molecule has 2 N–H and O–H groups in total. The van der Waals surface area contributed by atoms with Crippen molar-refractivity contribution >= 4 is 34.0 Å². The summed E-state index contributed by atoms with van der Waals surface area (Å²) < 4.78 is 0. The highest BCUT2D eigenvalue weighted by Crippen LogP contribution is 2.25. The third-order valence-corrected chi connectivity index (χ3v) is 5.09. The smallest absolute Gasteiger partial charge is 0.162 e. The zero-order valence-electron chi connectivity index (χ0n) is 16.8. The topological polar surface area (TPSA) is 56.0 Å². The number of carbonyl (C=O) groups excluding carboxylic acids is 1. The van der Waals surface area contributed by atoms with Crippen molar-refractivity contribution in [3.8, 4) is 11.8 Å². The highest BCUT2D eigenvalue weighted by Gasteiger charge is 2.07. The van der Waals surface area contributed by atoms with Crippen LogP contribution in [0.1, 0.15) is 61.0 Å². The monoisotopic (exact) mass is 404 g/mol. The van der Waals surface area contributed by atoms with Crippen molar-refractivity contribution in [3.05, 3.63) is 70.4 Å². The fourth-order valence-electron chi connectivity index (χ4n) is 3.19. The third kappa shape index (κ3) is 5.59. The maximum absolute atomic E-state index is 12.3. The van der Waals surface area contributed by atoms with Gasteiger partial charge in [-0.2, -0.15) is 0 Å². The van der Waals surface area contributed by atoms with Gasteiger partial charge in [0.05, 0.1) is 5.56 Å². The van der Waals surface area contributed by atoms with Gasteiger partial charge < -0.3 is 5.73 Å². The number of nitrogens with two attached hydrogens (primary N) is 1. The molecular formula is C25H25ClN2O. The average molecular weight is 405 g/mol. The standard InChI is InChI=1S/C25H25ClN2O/c1-17(2)5-3-4-6-24(29)19-10-7-18(8-11-19)9-14-22-23-15-21(26)13-12-20(23)16-28-25(22)27/h7-8,10-13,15-17H,3-6H2,1-2H3,(H2,27,28). The van der Waals surface area contributed by atoms with E-state index in [2.05, 4.69) is 30.7 Å². The number of Topliss-reactive ketones (excluding diaryl/α,β-unsaturated/α-hetero) is 1. The lowest BCUT2D eigenvalue weighted by Gasteiger charge is -2.05. The highest BCUT2D eigenvalue weighted by molar-refractivity contribution is 6.31. The Morgan fingerprint density at radius 2 is 1.86 bits per heavy atom. The average Bonchev–Trinajstić information content (AvgIpc) is 2.70. The summed E-state index contributed by atoms with van der Waals surface area (Å²) in [6.07, 6.45) is 5.51. The summed E-state index contributed by atoms with van der Waals surface area (Å²) in [4.78, 5) is 16.6. The molecule has 3 nitrogen and oxygen atoms in total. The number of halogens is 1. The lowest BCUT2D eigenvalue weighted by atomic mass is 10.0. The van der Waals surface area contributed by atoms with E-state index < -0.39 is 0 Å². The molecule has 0 aliphatic heterocycles. The maximum Gasteiger partial charge on any atom is 0.162 e. The highest BCUT2D eigenvalue weighted by atomic mass is 35.5. The van der Waals surface area contributed by atoms with Crippen molar-refractivity contribution in [1.82, 2.24) is 4.98 Å². The Kier molecular flexibility index (Phi) is 6.90. The second-order valence-electron chi connectivity index (χ2n) is 7.64. The summed E-state index contributed by atoms with van der Waals surface area (Å²) in [5, 5.41) is 2.44. The van der Waals surface area contributed by atoms with Gasteiger partial charge in [0, 0.05) is 39.5 Å². The van der Waals surface area contributed by atoms with Gasteiger partial charge in [0.15, 0.2) is 5.78 Å². The zero-order chi connectivity index (χ0) is 20.8. The molecule has 4 heteroatoms. The van der Waals surface area contributed by atoms with Crippen LogP contribution in [0.5, 0.6) is 0 Å². The summed E-state index contributed by atoms with van der Waals surface area (Å²) in [6.45, 7) is 4.41. The molecule has 0 fully saturated rings. The van der Waals surface area contributed by atoms with Crippen LogP contribution in [0.3, 0.4) is 0 Å². The predicted molar refractivity (Wildman–Crippen MR) is 121 cm³/mol. The van der Waals surface area contributed by atoms with Gasteiger partial charge in [-0.1, -0.05) is 68.3 Å². The number of anilines is 1. The molecule has 0 radical (unpaired) electrons. The van der Waals surface area contributed by atoms with Crippen molar-refractivity contribution in [3.63, 3.8) is 0 Å². The molecule has 1 aromatic heterocycles. The molecule has 0 spiro atoms. The minimum Gasteiger partial charge on any atom is -0.383 e. The van der Waals surface area contributed by atoms with Crippen LogP contribution in [0.4, 0.5) is 5.82 Å². The van der Waals surface area contributed by atoms with Crippen LogP contribution in [0.2, 0.25) is 5.02 Å². The van der Waals surface area contributed by atoms with E-state index in [0.717, 1.165) is 34.7 Å². The predicted octanol–water partition coefficient (Wildman–Crippen LogP) is 6.27. The zero-order valence-corrected chi connectivity index (χ0v) is 17.6. The fraction of sp³-hybridized carbons (Fsp3) is 0.280. The molecule has 0 aliphatic rings. The molecule has 29 heavy (non-hydrogen) atoms. The second-order valence-corrected chi connectivity index (χ2v) is 8.08. The molecule has 2 aromatic carbocycles. The van der Waals surface area contributed by atoms with Crippen LogP contribution in [0, 0.1) is 17.8 Å². The first-order valence-electron chi connectivity index (χ1n) is 9.93. The molecule has 0 bridgehead atoms. The van der Waals surface area contributed by atoms with Gasteiger partial charge in [-0.05, 0) is 36.6 Å². The van der Waals surface area contributed by atoms with Gasteiger partial charge in [0.2, 0.25) is 0 Å². The first-order valence-corrected chi connectivity index (χ1v) is 10.3. The number of ketones is 1. The first-order chi connectivity index (χ1) is 13.9. The van der Waals surface area contributed by atoms with Gasteiger partial charge in [-0.15, -0.1) is 0 Å². The van der Waals surface area contributed by atoms with Crippen molar-refractivity contribution in [2.45, 2.75) is 39.5 Å². The number of carbonyl (C=O) groups is 1. The number of unbranched alkanes of at least 4 members (excludes halogenated alkanes) is 1. The molecule has 0 saturated carbocycles. The van der Waals surface area contributed by atoms with Crippen LogP contribution in [-0.4, -0.2) is 10.8 Å². The lowest BCUT2D eigenvalue weighted by molar-refractivity contribution is 0.0978. The molecule has 0 atom stereocenters. The Balaban J connectivity index is 1.74. The molecule has 0 unspecified atom stereocenters. The largest absolute Gasteiger partial charge is 0.383 e. The second kappa shape index (κ2) is 9.58. The molecule has 148 valence electrons. The Morgan fingerprint density at radius 1 is 1.10 bits per heavy atom. The Hall–Kier alpha value is -2.83. The quantitative estimate of drug-likeness (QED) is 0.299. The first kappa shape index (κ1) is 20.9. The molecule has 0 saturated heterocycles. The minimum atomic E-state index is 0.186. The van der Waals surface area contributed by atoms with Gasteiger partial charge in [-0.3, -0.25) is 4.79 Å². The summed E-state index contributed by atoms with van der Waals surface area (Å²) in [6, 6.07) is 13.0. The van der Waals surface area contributed by atoms with E-state index >= 15 is 0 Å². The van der Waals surface area contributed by atoms with E-state index in [0.29, 0.717) is 28.7 Å². The summed E-state index contributed by atoms with van der Waals surface area (Å²) in [5.41, 5.74) is 8.26. The van der Waals surface area contributed by atoms with E-state index in [-0.39, 0.29) is 5.78 Å². The number of hydrogen-bond donors (Lipinski definition) is 1. The van der Waals surface area contributed by atoms with Gasteiger partial charge in [-0.25, -0.2) is 4.98 Å². The Labute approximate surface area is 177 Å². The van der Waals surface area contributed by atoms with Crippen LogP contribution in [-0.2, 0) is 0 Å². The maximum atomic E-state index is 12.3. The molecular weight excluding hydrogens is 380 g/mol. The van der Waals surface area contributed by atoms with E-state index in [1.54, 1.807) is 6.20 Å². The summed E-state index contributed by atoms with van der Waals surface area (Å²) >= 11 is 6.13. The van der Waals surface area contributed by atoms with E-state index in [1.807, 2.05) is 42.5 Å². The molecule has 3 rings (SSSR count). The Morgan fingerprint density at radius 3 is 2.59 bits per heavy atom. The van der Waals surface area contributed by atoms with Gasteiger partial charge in [0.25, 0.3) is 0 Å². The molecule has 1 heterocycles. The van der Waals surface area contributed by atoms with Crippen molar-refractivity contribution in [2.24, 2.45) is 5.92 Å². The number of rotatable bonds is 6. The SMILES string of the molecule is CC(C)CCCCC(=O)c1ccc(C#Cc2c(N)ncc3ccc(Cl)cc23)cc1. The number of nitrogens with zero attached hydrogens (tertiary/aromatic N) is 1. The van der Waals surface area contributed by atoms with Crippen molar-refractivity contribution in [2.75, 3.05) is 5.73 Å². The number of aromatic nitrogens is 1. The Bertz CT molecular complexity index is 1070. The minimum absolute atomic E-state index is 0.186. The molecule has 0 aliphatic carbocycles. The van der Waals surface area contributed by atoms with E-state index in [4.69, 9.17) is 17.3 Å². The number of fused-ring (bicyclic) bond motifs is 1. The van der Waals surface area contributed by atoms with Crippen LogP contribution < -0.4 is 5.73 Å². The summed E-state index contributed by atoms with van der Waals surface area (Å²) in [7, 11) is 0. The normalized spacial score (nSPS) is 10.8. The third-order valence-electron chi connectivity index (χ3n) is 4.86. The number of benzene rings is 2. The molecule has 0 amide bonds. The van der Waals surface area contributed by atoms with Gasteiger partial charge in [0.1, 0.15) is 5.82 Å². The van der Waals surface area contributed by atoms with Crippen LogP contribution >= 0.6 is 11.6 Å². The van der Waals surface area contributed by atoms with E-state index in [9.17, 15) is 4.79 Å². The lowest BCUT2D eigenvalue weighted by Crippen LogP contribution is -1.99. The van der Waals surface area contributed by atoms with Crippen LogP contribution in [0.15, 0.2) is 48.7 Å². The van der Waals surface area contributed by atoms with Gasteiger partial charge >= 0.3 is 0 Å². The van der Waals surface area contributed by atoms with Crippen molar-refractivity contribution in [1.29, 1.82) is 0 Å². The summed E-state index contributed by atoms with van der Waals surface area (Å²) in [5.74, 6) is 7.49.